The van der Waals surface area contributed by atoms with Gasteiger partial charge in [-0.1, -0.05) is 152 Å². The van der Waals surface area contributed by atoms with Crippen LogP contribution in [0.5, 0.6) is 0 Å². The van der Waals surface area contributed by atoms with Crippen LogP contribution in [-0.4, -0.2) is 4.57 Å². The highest BCUT2D eigenvalue weighted by atomic mass is 16.3. The third-order valence-corrected chi connectivity index (χ3v) is 13.8. The number of fused-ring (bicyclic) bond motifs is 10. The SMILES string of the molecule is c1ccc(N(c2ccccc2)c2ccc(-c3ccc4c5c3ccc3c5c5c(cccc5n3-c3cccc5oc6ccccc6c35)C43c4ccccc4-c4ccccc43)cc2)cc1. The number of hydrogen-bond acceptors (Lipinski definition) is 2. The van der Waals surface area contributed by atoms with Crippen molar-refractivity contribution in [1.29, 1.82) is 0 Å². The predicted molar refractivity (Wildman–Crippen MR) is 257 cm³/mol. The smallest absolute Gasteiger partial charge is 0.137 e. The van der Waals surface area contributed by atoms with Crippen LogP contribution in [0.25, 0.3) is 82.5 Å². The number of anilines is 3. The van der Waals surface area contributed by atoms with Gasteiger partial charge in [0, 0.05) is 33.2 Å². The van der Waals surface area contributed by atoms with Crippen LogP contribution in [0, 0.1) is 0 Å². The molecule has 2 heterocycles. The molecular weight excluding hydrogens is 753 g/mol. The average Bonchev–Trinajstić information content (AvgIpc) is 3.99. The topological polar surface area (TPSA) is 21.3 Å². The molecular formula is C59H36N2O. The van der Waals surface area contributed by atoms with Crippen molar-refractivity contribution >= 4 is 71.6 Å². The number of furan rings is 1. The lowest BCUT2D eigenvalue weighted by molar-refractivity contribution is 0.669. The van der Waals surface area contributed by atoms with Gasteiger partial charge in [0.25, 0.3) is 0 Å². The van der Waals surface area contributed by atoms with Crippen molar-refractivity contribution in [3.63, 3.8) is 0 Å². The fourth-order valence-electron chi connectivity index (χ4n) is 11.4. The largest absolute Gasteiger partial charge is 0.456 e. The molecule has 3 nitrogen and oxygen atoms in total. The zero-order valence-electron chi connectivity index (χ0n) is 33.6. The number of para-hydroxylation sites is 3. The van der Waals surface area contributed by atoms with Gasteiger partial charge in [0.15, 0.2) is 0 Å². The standard InChI is InChI=1S/C59H36N2O/c1-3-15-38(16-4-1)60(39-17-5-2-6-18-39)40-31-29-37(30-32-40)41-33-35-49-55-44(41)34-36-52-58(55)57-48(59(49)46-22-10-7-19-42(46)43-20-8-11-23-47(43)59)24-13-25-51(57)61(52)50-26-14-28-54-56(50)45-21-9-12-27-53(45)62-54/h1-36H. The molecule has 0 bridgehead atoms. The highest BCUT2D eigenvalue weighted by Crippen LogP contribution is 2.62. The molecule has 0 unspecified atom stereocenters. The molecule has 2 aliphatic rings. The molecule has 0 saturated carbocycles. The van der Waals surface area contributed by atoms with E-state index in [4.69, 9.17) is 4.42 Å². The number of hydrogen-bond donors (Lipinski definition) is 0. The van der Waals surface area contributed by atoms with Gasteiger partial charge in [0.2, 0.25) is 0 Å². The summed E-state index contributed by atoms with van der Waals surface area (Å²) in [5, 5.41) is 7.44. The van der Waals surface area contributed by atoms with E-state index in [1.54, 1.807) is 0 Å². The summed E-state index contributed by atoms with van der Waals surface area (Å²) in [6.07, 6.45) is 0. The molecule has 1 spiro atoms. The summed E-state index contributed by atoms with van der Waals surface area (Å²) >= 11 is 0. The van der Waals surface area contributed by atoms with Gasteiger partial charge in [-0.15, -0.1) is 0 Å². The fourth-order valence-corrected chi connectivity index (χ4v) is 11.4. The van der Waals surface area contributed by atoms with E-state index in [0.29, 0.717) is 0 Å². The van der Waals surface area contributed by atoms with E-state index in [1.165, 1.54) is 77.1 Å². The van der Waals surface area contributed by atoms with Crippen molar-refractivity contribution in [2.45, 2.75) is 5.41 Å². The lowest BCUT2D eigenvalue weighted by Gasteiger charge is -2.38. The van der Waals surface area contributed by atoms with Crippen LogP contribution < -0.4 is 4.90 Å². The number of rotatable bonds is 5. The summed E-state index contributed by atoms with van der Waals surface area (Å²) in [6, 6.07) is 80.1. The van der Waals surface area contributed by atoms with Gasteiger partial charge >= 0.3 is 0 Å². The quantitative estimate of drug-likeness (QED) is 0.173. The second kappa shape index (κ2) is 12.4. The van der Waals surface area contributed by atoms with E-state index in [2.05, 4.69) is 228 Å². The third-order valence-electron chi connectivity index (χ3n) is 13.8. The Morgan fingerprint density at radius 2 is 0.919 bits per heavy atom. The zero-order valence-corrected chi connectivity index (χ0v) is 33.6. The molecule has 0 radical (unpaired) electrons. The Kier molecular flexibility index (Phi) is 6.76. The van der Waals surface area contributed by atoms with Gasteiger partial charge in [-0.25, -0.2) is 0 Å². The molecule has 2 aliphatic carbocycles. The summed E-state index contributed by atoms with van der Waals surface area (Å²) in [7, 11) is 0. The van der Waals surface area contributed by atoms with Crippen molar-refractivity contribution in [3.05, 3.63) is 241 Å². The van der Waals surface area contributed by atoms with E-state index in [-0.39, 0.29) is 0 Å². The van der Waals surface area contributed by atoms with E-state index >= 15 is 0 Å². The van der Waals surface area contributed by atoms with E-state index < -0.39 is 5.41 Å². The maximum atomic E-state index is 6.50. The Balaban J connectivity index is 1.08. The minimum absolute atomic E-state index is 0.513. The first-order valence-electron chi connectivity index (χ1n) is 21.4. The first-order valence-corrected chi connectivity index (χ1v) is 21.4. The lowest BCUT2D eigenvalue weighted by atomic mass is 9.63. The second-order valence-electron chi connectivity index (χ2n) is 16.7. The van der Waals surface area contributed by atoms with Gasteiger partial charge in [-0.3, -0.25) is 0 Å². The Bertz CT molecular complexity index is 3720. The van der Waals surface area contributed by atoms with Gasteiger partial charge in [0.05, 0.1) is 27.5 Å². The van der Waals surface area contributed by atoms with Crippen LogP contribution in [0.1, 0.15) is 22.3 Å². The molecule has 12 aromatic rings. The first kappa shape index (κ1) is 33.7. The molecule has 10 aromatic carbocycles. The molecule has 62 heavy (non-hydrogen) atoms. The van der Waals surface area contributed by atoms with Crippen molar-refractivity contribution in [2.75, 3.05) is 4.90 Å². The minimum atomic E-state index is -0.513. The van der Waals surface area contributed by atoms with Crippen LogP contribution in [-0.2, 0) is 5.41 Å². The first-order chi connectivity index (χ1) is 30.8. The molecule has 0 fully saturated rings. The summed E-state index contributed by atoms with van der Waals surface area (Å²) in [4.78, 5) is 2.33. The summed E-state index contributed by atoms with van der Waals surface area (Å²) in [6.45, 7) is 0. The zero-order chi connectivity index (χ0) is 40.5. The predicted octanol–water partition coefficient (Wildman–Crippen LogP) is 15.6. The normalized spacial score (nSPS) is 13.3. The van der Waals surface area contributed by atoms with Gasteiger partial charge in [0.1, 0.15) is 11.2 Å². The molecule has 14 rings (SSSR count). The number of nitrogens with zero attached hydrogens (tertiary/aromatic N) is 2. The summed E-state index contributed by atoms with van der Waals surface area (Å²) < 4.78 is 9.01. The average molecular weight is 789 g/mol. The monoisotopic (exact) mass is 788 g/mol. The molecule has 3 heteroatoms. The second-order valence-corrected chi connectivity index (χ2v) is 16.7. The van der Waals surface area contributed by atoms with Crippen molar-refractivity contribution in [1.82, 2.24) is 4.57 Å². The van der Waals surface area contributed by atoms with Crippen LogP contribution in [0.4, 0.5) is 17.1 Å². The van der Waals surface area contributed by atoms with Crippen LogP contribution in [0.15, 0.2) is 223 Å². The molecule has 0 saturated heterocycles. The van der Waals surface area contributed by atoms with Gasteiger partial charge in [-0.2, -0.15) is 0 Å². The van der Waals surface area contributed by atoms with E-state index in [0.717, 1.165) is 44.7 Å². The Labute approximate surface area is 358 Å². The highest BCUT2D eigenvalue weighted by molar-refractivity contribution is 6.28. The maximum absolute atomic E-state index is 6.50. The third kappa shape index (κ3) is 4.29. The van der Waals surface area contributed by atoms with Crippen LogP contribution >= 0.6 is 0 Å². The van der Waals surface area contributed by atoms with Gasteiger partial charge in [-0.05, 0) is 122 Å². The highest BCUT2D eigenvalue weighted by Gasteiger charge is 2.50. The van der Waals surface area contributed by atoms with Gasteiger partial charge < -0.3 is 13.9 Å². The molecule has 0 N–H and O–H groups in total. The molecule has 2 aromatic heterocycles. The molecule has 0 aliphatic heterocycles. The summed E-state index contributed by atoms with van der Waals surface area (Å²) in [5.74, 6) is 0. The van der Waals surface area contributed by atoms with Crippen LogP contribution in [0.2, 0.25) is 0 Å². The van der Waals surface area contributed by atoms with E-state index in [1.807, 2.05) is 0 Å². The van der Waals surface area contributed by atoms with Crippen molar-refractivity contribution in [3.8, 4) is 27.9 Å². The number of aromatic nitrogens is 1. The maximum Gasteiger partial charge on any atom is 0.137 e. The van der Waals surface area contributed by atoms with Crippen molar-refractivity contribution < 1.29 is 4.42 Å². The Hall–Kier alpha value is -8.14. The Morgan fingerprint density at radius 3 is 1.66 bits per heavy atom. The van der Waals surface area contributed by atoms with Crippen molar-refractivity contribution in [2.24, 2.45) is 0 Å². The lowest BCUT2D eigenvalue weighted by Crippen LogP contribution is -2.30. The summed E-state index contributed by atoms with van der Waals surface area (Å²) in [5.41, 5.74) is 18.5. The van der Waals surface area contributed by atoms with Crippen LogP contribution in [0.3, 0.4) is 0 Å². The molecule has 0 amide bonds. The number of benzene rings is 10. The molecule has 0 atom stereocenters. The minimum Gasteiger partial charge on any atom is -0.456 e. The fraction of sp³-hybridized carbons (Fsp3) is 0.0169. The molecule has 288 valence electrons. The van der Waals surface area contributed by atoms with E-state index in [9.17, 15) is 0 Å². The Morgan fingerprint density at radius 1 is 0.339 bits per heavy atom.